The summed E-state index contributed by atoms with van der Waals surface area (Å²) < 4.78 is 0. The number of nitrogens with one attached hydrogen (secondary N) is 1. The molecule has 2 aromatic heterocycles. The first kappa shape index (κ1) is 20.3. The Morgan fingerprint density at radius 2 is 1.90 bits per heavy atom. The summed E-state index contributed by atoms with van der Waals surface area (Å²) in [5.41, 5.74) is 1.22. The van der Waals surface area contributed by atoms with E-state index in [4.69, 9.17) is 4.98 Å². The Balaban J connectivity index is 1.49. The molecule has 1 aromatic carbocycles. The molecule has 0 bridgehead atoms. The number of benzene rings is 1. The van der Waals surface area contributed by atoms with Crippen LogP contribution in [0, 0.1) is 6.92 Å². The largest absolute Gasteiger partial charge is 0.352 e. The van der Waals surface area contributed by atoms with Gasteiger partial charge in [0.1, 0.15) is 16.5 Å². The lowest BCUT2D eigenvalue weighted by atomic mass is 10.1. The van der Waals surface area contributed by atoms with Crippen molar-refractivity contribution in [2.45, 2.75) is 27.2 Å². The number of anilines is 2. The van der Waals surface area contributed by atoms with Gasteiger partial charge in [-0.3, -0.25) is 9.59 Å². The standard InChI is InChI=1S/C22H25N5O2S/c1-4-18-13-19-20(23-14(2)24-21(19)30-18)26-8-10-27(11-9-26)22(29)16-6-5-7-17(12-16)25-15(3)28/h5-7,12-13H,4,8-11H2,1-3H3,(H,25,28). The average Bonchev–Trinajstić information content (AvgIpc) is 3.15. The average molecular weight is 424 g/mol. The normalized spacial score (nSPS) is 14.2. The molecule has 8 heteroatoms. The summed E-state index contributed by atoms with van der Waals surface area (Å²) in [6.07, 6.45) is 0.985. The van der Waals surface area contributed by atoms with Gasteiger partial charge < -0.3 is 15.1 Å². The lowest BCUT2D eigenvalue weighted by Gasteiger charge is -2.35. The minimum Gasteiger partial charge on any atom is -0.352 e. The maximum Gasteiger partial charge on any atom is 0.254 e. The number of carbonyl (C=O) groups excluding carboxylic acids is 2. The Morgan fingerprint density at radius 1 is 1.13 bits per heavy atom. The summed E-state index contributed by atoms with van der Waals surface area (Å²) in [5, 5.41) is 3.83. The number of thiophene rings is 1. The molecule has 0 spiro atoms. The van der Waals surface area contributed by atoms with Crippen LogP contribution < -0.4 is 10.2 Å². The lowest BCUT2D eigenvalue weighted by molar-refractivity contribution is -0.114. The molecule has 0 aliphatic carbocycles. The van der Waals surface area contributed by atoms with E-state index in [0.29, 0.717) is 24.3 Å². The van der Waals surface area contributed by atoms with Gasteiger partial charge >= 0.3 is 0 Å². The van der Waals surface area contributed by atoms with Gasteiger partial charge in [-0.2, -0.15) is 0 Å². The van der Waals surface area contributed by atoms with Crippen LogP contribution in [0.2, 0.25) is 0 Å². The fourth-order valence-corrected chi connectivity index (χ4v) is 4.72. The summed E-state index contributed by atoms with van der Waals surface area (Å²) in [7, 11) is 0. The quantitative estimate of drug-likeness (QED) is 0.695. The van der Waals surface area contributed by atoms with E-state index >= 15 is 0 Å². The minimum absolute atomic E-state index is 0.0188. The number of carbonyl (C=O) groups is 2. The number of fused-ring (bicyclic) bond motifs is 1. The molecular weight excluding hydrogens is 398 g/mol. The van der Waals surface area contributed by atoms with Crippen molar-refractivity contribution < 1.29 is 9.59 Å². The van der Waals surface area contributed by atoms with Crippen LogP contribution >= 0.6 is 11.3 Å². The summed E-state index contributed by atoms with van der Waals surface area (Å²) in [6, 6.07) is 9.28. The number of piperazine rings is 1. The maximum atomic E-state index is 13.0. The van der Waals surface area contributed by atoms with Crippen LogP contribution in [0.15, 0.2) is 30.3 Å². The van der Waals surface area contributed by atoms with Crippen molar-refractivity contribution in [3.05, 3.63) is 46.6 Å². The molecule has 1 aliphatic rings. The molecule has 0 saturated carbocycles. The molecule has 2 amide bonds. The summed E-state index contributed by atoms with van der Waals surface area (Å²) in [6.45, 7) is 8.22. The zero-order valence-electron chi connectivity index (χ0n) is 17.4. The molecule has 1 saturated heterocycles. The van der Waals surface area contributed by atoms with Gasteiger partial charge in [0, 0.05) is 49.2 Å². The number of nitrogens with zero attached hydrogens (tertiary/aromatic N) is 4. The first-order chi connectivity index (χ1) is 14.4. The SMILES string of the molecule is CCc1cc2c(N3CCN(C(=O)c4cccc(NC(C)=O)c4)CC3)nc(C)nc2s1. The highest BCUT2D eigenvalue weighted by Gasteiger charge is 2.25. The molecule has 3 aromatic rings. The highest BCUT2D eigenvalue weighted by atomic mass is 32.1. The third-order valence-electron chi connectivity index (χ3n) is 5.18. The predicted octanol–water partition coefficient (Wildman–Crippen LogP) is 3.48. The first-order valence-corrected chi connectivity index (χ1v) is 10.9. The summed E-state index contributed by atoms with van der Waals surface area (Å²) in [4.78, 5) is 40.0. The van der Waals surface area contributed by atoms with E-state index in [1.54, 1.807) is 35.6 Å². The third kappa shape index (κ3) is 4.14. The van der Waals surface area contributed by atoms with Gasteiger partial charge in [-0.25, -0.2) is 9.97 Å². The first-order valence-electron chi connectivity index (χ1n) is 10.1. The minimum atomic E-state index is -0.153. The Bertz CT molecular complexity index is 1100. The van der Waals surface area contributed by atoms with E-state index in [0.717, 1.165) is 41.4 Å². The topological polar surface area (TPSA) is 78.4 Å². The van der Waals surface area contributed by atoms with Gasteiger partial charge in [0.2, 0.25) is 5.91 Å². The molecule has 4 rings (SSSR count). The zero-order chi connectivity index (χ0) is 21.3. The van der Waals surface area contributed by atoms with Crippen molar-refractivity contribution >= 4 is 44.9 Å². The van der Waals surface area contributed by atoms with Gasteiger partial charge in [-0.15, -0.1) is 11.3 Å². The van der Waals surface area contributed by atoms with Crippen LogP contribution in [0.5, 0.6) is 0 Å². The van der Waals surface area contributed by atoms with E-state index in [1.165, 1.54) is 11.8 Å². The number of aryl methyl sites for hydroxylation is 2. The Morgan fingerprint density at radius 3 is 2.60 bits per heavy atom. The monoisotopic (exact) mass is 423 g/mol. The van der Waals surface area contributed by atoms with Crippen molar-refractivity contribution in [2.24, 2.45) is 0 Å². The third-order valence-corrected chi connectivity index (χ3v) is 6.35. The van der Waals surface area contributed by atoms with Crippen molar-refractivity contribution in [1.29, 1.82) is 0 Å². The van der Waals surface area contributed by atoms with Gasteiger partial charge in [0.15, 0.2) is 0 Å². The Hall–Kier alpha value is -3.00. The van der Waals surface area contributed by atoms with Gasteiger partial charge in [0.25, 0.3) is 5.91 Å². The molecule has 7 nitrogen and oxygen atoms in total. The van der Waals surface area contributed by atoms with Gasteiger partial charge in [-0.05, 0) is 37.6 Å². The van der Waals surface area contributed by atoms with Crippen LogP contribution in [-0.2, 0) is 11.2 Å². The number of rotatable bonds is 4. The van der Waals surface area contributed by atoms with Gasteiger partial charge in [0.05, 0.1) is 5.39 Å². The Kier molecular flexibility index (Phi) is 5.67. The number of aromatic nitrogens is 2. The van der Waals surface area contributed by atoms with Crippen molar-refractivity contribution in [3.8, 4) is 0 Å². The van der Waals surface area contributed by atoms with Crippen LogP contribution in [0.1, 0.15) is 34.9 Å². The maximum absolute atomic E-state index is 13.0. The van der Waals surface area contributed by atoms with Crippen molar-refractivity contribution in [3.63, 3.8) is 0 Å². The number of hydrogen-bond acceptors (Lipinski definition) is 6. The van der Waals surface area contributed by atoms with Gasteiger partial charge in [-0.1, -0.05) is 13.0 Å². The van der Waals surface area contributed by atoms with E-state index in [-0.39, 0.29) is 11.8 Å². The van der Waals surface area contributed by atoms with E-state index < -0.39 is 0 Å². The molecular formula is C22H25N5O2S. The second-order valence-electron chi connectivity index (χ2n) is 7.42. The van der Waals surface area contributed by atoms with Crippen LogP contribution in [-0.4, -0.2) is 52.9 Å². The highest BCUT2D eigenvalue weighted by molar-refractivity contribution is 7.18. The number of amides is 2. The van der Waals surface area contributed by atoms with E-state index in [2.05, 4.69) is 28.2 Å². The molecule has 0 unspecified atom stereocenters. The van der Waals surface area contributed by atoms with E-state index in [9.17, 15) is 9.59 Å². The highest BCUT2D eigenvalue weighted by Crippen LogP contribution is 2.32. The summed E-state index contributed by atoms with van der Waals surface area (Å²) >= 11 is 1.73. The predicted molar refractivity (Wildman–Crippen MR) is 120 cm³/mol. The second-order valence-corrected chi connectivity index (χ2v) is 8.54. The van der Waals surface area contributed by atoms with Crippen LogP contribution in [0.25, 0.3) is 10.2 Å². The Labute approximate surface area is 179 Å². The lowest BCUT2D eigenvalue weighted by Crippen LogP contribution is -2.49. The van der Waals surface area contributed by atoms with Crippen LogP contribution in [0.4, 0.5) is 11.5 Å². The molecule has 1 N–H and O–H groups in total. The molecule has 30 heavy (non-hydrogen) atoms. The molecule has 0 radical (unpaired) electrons. The van der Waals surface area contributed by atoms with Crippen molar-refractivity contribution in [2.75, 3.05) is 36.4 Å². The number of hydrogen-bond donors (Lipinski definition) is 1. The fraction of sp³-hybridized carbons (Fsp3) is 0.364. The fourth-order valence-electron chi connectivity index (χ4n) is 3.71. The molecule has 1 fully saturated rings. The smallest absolute Gasteiger partial charge is 0.254 e. The van der Waals surface area contributed by atoms with Crippen molar-refractivity contribution in [1.82, 2.24) is 14.9 Å². The molecule has 1 aliphatic heterocycles. The zero-order valence-corrected chi connectivity index (χ0v) is 18.3. The van der Waals surface area contributed by atoms with E-state index in [1.807, 2.05) is 11.8 Å². The summed E-state index contributed by atoms with van der Waals surface area (Å²) in [5.74, 6) is 1.57. The molecule has 0 atom stereocenters. The molecule has 3 heterocycles. The second kappa shape index (κ2) is 8.39. The molecule has 156 valence electrons. The van der Waals surface area contributed by atoms with Crippen LogP contribution in [0.3, 0.4) is 0 Å².